The van der Waals surface area contributed by atoms with Gasteiger partial charge < -0.3 is 0 Å². The van der Waals surface area contributed by atoms with Gasteiger partial charge in [-0.25, -0.2) is 0 Å². The zero-order valence-electron chi connectivity index (χ0n) is 9.32. The molecule has 0 bridgehead atoms. The molecule has 2 fully saturated rings. The second-order valence-electron chi connectivity index (χ2n) is 4.92. The van der Waals surface area contributed by atoms with Crippen LogP contribution in [0, 0.1) is 5.92 Å². The van der Waals surface area contributed by atoms with Crippen molar-refractivity contribution < 1.29 is 4.79 Å². The summed E-state index contributed by atoms with van der Waals surface area (Å²) in [6, 6.07) is 10.5. The second kappa shape index (κ2) is 3.92. The molecule has 84 valence electrons. The van der Waals surface area contributed by atoms with Crippen LogP contribution >= 0.6 is 11.8 Å². The number of fused-ring (bicyclic) bond motifs is 1. The Hall–Kier alpha value is -0.760. The molecule has 2 unspecified atom stereocenters. The number of carbonyl (C=O) groups is 1. The minimum atomic E-state index is 0.261. The van der Waals surface area contributed by atoms with Crippen LogP contribution in [-0.2, 0) is 4.79 Å². The molecule has 0 spiro atoms. The Labute approximate surface area is 101 Å². The van der Waals surface area contributed by atoms with Crippen molar-refractivity contribution in [2.75, 3.05) is 0 Å². The summed E-state index contributed by atoms with van der Waals surface area (Å²) >= 11 is 1.94. The van der Waals surface area contributed by atoms with Gasteiger partial charge in [0.05, 0.1) is 0 Å². The van der Waals surface area contributed by atoms with Crippen molar-refractivity contribution in [3.8, 4) is 0 Å². The van der Waals surface area contributed by atoms with Crippen LogP contribution < -0.4 is 0 Å². The van der Waals surface area contributed by atoms with E-state index in [-0.39, 0.29) is 4.75 Å². The zero-order valence-corrected chi connectivity index (χ0v) is 10.1. The number of thioether (sulfide) groups is 1. The second-order valence-corrected chi connectivity index (χ2v) is 6.41. The highest BCUT2D eigenvalue weighted by Crippen LogP contribution is 2.56. The van der Waals surface area contributed by atoms with E-state index < -0.39 is 0 Å². The van der Waals surface area contributed by atoms with Crippen LogP contribution in [0.1, 0.15) is 32.1 Å². The van der Waals surface area contributed by atoms with Crippen molar-refractivity contribution in [1.82, 2.24) is 0 Å². The van der Waals surface area contributed by atoms with Crippen LogP contribution in [0.2, 0.25) is 0 Å². The molecule has 2 aliphatic carbocycles. The Balaban J connectivity index is 1.81. The molecule has 2 saturated carbocycles. The van der Waals surface area contributed by atoms with Crippen molar-refractivity contribution in [3.63, 3.8) is 0 Å². The summed E-state index contributed by atoms with van der Waals surface area (Å²) < 4.78 is 0.261. The Kier molecular flexibility index (Phi) is 2.55. The SMILES string of the molecule is O=C1CC2(Sc3ccccc3)CCCCC12. The Morgan fingerprint density at radius 1 is 1.19 bits per heavy atom. The van der Waals surface area contributed by atoms with Gasteiger partial charge >= 0.3 is 0 Å². The topological polar surface area (TPSA) is 17.1 Å². The van der Waals surface area contributed by atoms with Crippen LogP contribution in [0.5, 0.6) is 0 Å². The summed E-state index contributed by atoms with van der Waals surface area (Å²) in [5.74, 6) is 0.856. The third-order valence-corrected chi connectivity index (χ3v) is 5.45. The van der Waals surface area contributed by atoms with E-state index in [0.29, 0.717) is 11.7 Å². The standard InChI is InChI=1S/C14H16OS/c15-13-10-14(9-5-4-8-12(13)14)16-11-6-2-1-3-7-11/h1-3,6-7,12H,4-5,8-10H2. The summed E-state index contributed by atoms with van der Waals surface area (Å²) in [6.45, 7) is 0. The monoisotopic (exact) mass is 232 g/mol. The molecule has 1 aromatic rings. The van der Waals surface area contributed by atoms with Crippen LogP contribution in [0.4, 0.5) is 0 Å². The minimum absolute atomic E-state index is 0.261. The summed E-state index contributed by atoms with van der Waals surface area (Å²) in [7, 11) is 0. The van der Waals surface area contributed by atoms with Crippen LogP contribution in [0.3, 0.4) is 0 Å². The maximum atomic E-state index is 11.6. The van der Waals surface area contributed by atoms with E-state index in [1.165, 1.54) is 24.2 Å². The quantitative estimate of drug-likeness (QED) is 0.773. The Morgan fingerprint density at radius 3 is 2.75 bits per heavy atom. The molecule has 0 aliphatic heterocycles. The fourth-order valence-electron chi connectivity index (χ4n) is 3.04. The number of rotatable bonds is 2. The van der Waals surface area contributed by atoms with Gasteiger partial charge in [0.25, 0.3) is 0 Å². The fraction of sp³-hybridized carbons (Fsp3) is 0.500. The number of hydrogen-bond acceptors (Lipinski definition) is 2. The average molecular weight is 232 g/mol. The molecular formula is C14H16OS. The van der Waals surface area contributed by atoms with E-state index >= 15 is 0 Å². The van der Waals surface area contributed by atoms with Gasteiger partial charge in [-0.15, -0.1) is 11.8 Å². The van der Waals surface area contributed by atoms with E-state index in [9.17, 15) is 4.79 Å². The molecule has 2 atom stereocenters. The molecule has 0 radical (unpaired) electrons. The summed E-state index contributed by atoms with van der Waals surface area (Å²) in [4.78, 5) is 13.0. The smallest absolute Gasteiger partial charge is 0.138 e. The predicted octanol–water partition coefficient (Wildman–Crippen LogP) is 3.68. The predicted molar refractivity (Wildman–Crippen MR) is 66.6 cm³/mol. The van der Waals surface area contributed by atoms with Gasteiger partial charge in [-0.1, -0.05) is 31.0 Å². The van der Waals surface area contributed by atoms with Crippen LogP contribution in [0.15, 0.2) is 35.2 Å². The minimum Gasteiger partial charge on any atom is -0.299 e. The molecule has 16 heavy (non-hydrogen) atoms. The molecule has 2 heteroatoms. The number of ketones is 1. The van der Waals surface area contributed by atoms with Crippen molar-refractivity contribution in [3.05, 3.63) is 30.3 Å². The third-order valence-electron chi connectivity index (χ3n) is 3.90. The molecule has 0 amide bonds. The van der Waals surface area contributed by atoms with Crippen LogP contribution in [0.25, 0.3) is 0 Å². The fourth-order valence-corrected chi connectivity index (χ4v) is 4.66. The van der Waals surface area contributed by atoms with Crippen molar-refractivity contribution in [1.29, 1.82) is 0 Å². The molecule has 1 aromatic carbocycles. The van der Waals surface area contributed by atoms with Crippen molar-refractivity contribution in [2.45, 2.75) is 41.7 Å². The van der Waals surface area contributed by atoms with E-state index in [0.717, 1.165) is 12.8 Å². The number of hydrogen-bond donors (Lipinski definition) is 0. The number of carbonyl (C=O) groups excluding carboxylic acids is 1. The third kappa shape index (κ3) is 1.60. The average Bonchev–Trinajstić information content (AvgIpc) is 2.29. The molecule has 1 nitrogen and oxygen atoms in total. The molecule has 0 saturated heterocycles. The lowest BCUT2D eigenvalue weighted by Crippen LogP contribution is -2.53. The lowest BCUT2D eigenvalue weighted by Gasteiger charge is -2.50. The van der Waals surface area contributed by atoms with Crippen molar-refractivity contribution >= 4 is 17.5 Å². The Bertz CT molecular complexity index is 400. The van der Waals surface area contributed by atoms with E-state index in [1.807, 2.05) is 17.8 Å². The van der Waals surface area contributed by atoms with E-state index in [1.54, 1.807) is 0 Å². The normalized spacial score (nSPS) is 33.0. The molecule has 0 heterocycles. The first kappa shape index (κ1) is 10.4. The zero-order chi connectivity index (χ0) is 11.0. The van der Waals surface area contributed by atoms with Gasteiger partial charge in [-0.3, -0.25) is 4.79 Å². The first-order valence-electron chi connectivity index (χ1n) is 6.07. The first-order valence-corrected chi connectivity index (χ1v) is 6.89. The summed E-state index contributed by atoms with van der Waals surface area (Å²) in [5.41, 5.74) is 0. The van der Waals surface area contributed by atoms with Gasteiger partial charge in [0.15, 0.2) is 0 Å². The maximum absolute atomic E-state index is 11.6. The number of benzene rings is 1. The molecule has 0 N–H and O–H groups in total. The Morgan fingerprint density at radius 2 is 2.00 bits per heavy atom. The highest BCUT2D eigenvalue weighted by Gasteiger charge is 2.54. The number of Topliss-reactive ketones (excluding diaryl/α,β-unsaturated/α-hetero) is 1. The summed E-state index contributed by atoms with van der Waals surface area (Å²) in [6.07, 6.45) is 5.69. The largest absolute Gasteiger partial charge is 0.299 e. The molecule has 2 aliphatic rings. The molecular weight excluding hydrogens is 216 g/mol. The van der Waals surface area contributed by atoms with Gasteiger partial charge in [0.1, 0.15) is 5.78 Å². The van der Waals surface area contributed by atoms with E-state index in [4.69, 9.17) is 0 Å². The highest BCUT2D eigenvalue weighted by atomic mass is 32.2. The highest BCUT2D eigenvalue weighted by molar-refractivity contribution is 8.00. The first-order chi connectivity index (χ1) is 7.80. The summed E-state index contributed by atoms with van der Waals surface area (Å²) in [5, 5.41) is 0. The lowest BCUT2D eigenvalue weighted by atomic mass is 9.64. The molecule has 0 aromatic heterocycles. The van der Waals surface area contributed by atoms with E-state index in [2.05, 4.69) is 24.3 Å². The van der Waals surface area contributed by atoms with Gasteiger partial charge in [0.2, 0.25) is 0 Å². The van der Waals surface area contributed by atoms with Crippen molar-refractivity contribution in [2.24, 2.45) is 5.92 Å². The lowest BCUT2D eigenvalue weighted by molar-refractivity contribution is -0.133. The van der Waals surface area contributed by atoms with Gasteiger partial charge in [-0.05, 0) is 25.0 Å². The van der Waals surface area contributed by atoms with Gasteiger partial charge in [-0.2, -0.15) is 0 Å². The van der Waals surface area contributed by atoms with Crippen LogP contribution in [-0.4, -0.2) is 10.5 Å². The molecule has 3 rings (SSSR count). The maximum Gasteiger partial charge on any atom is 0.138 e. The van der Waals surface area contributed by atoms with Gasteiger partial charge in [0, 0.05) is 22.0 Å².